The zero-order valence-electron chi connectivity index (χ0n) is 11.6. The summed E-state index contributed by atoms with van der Waals surface area (Å²) in [6.45, 7) is 9.73. The second-order valence-corrected chi connectivity index (χ2v) is 7.56. The Morgan fingerprint density at radius 3 is 2.19 bits per heavy atom. The predicted molar refractivity (Wildman–Crippen MR) is 70.6 cm³/mol. The molecule has 2 atom stereocenters. The van der Waals surface area contributed by atoms with Gasteiger partial charge in [-0.2, -0.15) is 0 Å². The summed E-state index contributed by atoms with van der Waals surface area (Å²) in [5, 5.41) is 3.96. The molecule has 2 fully saturated rings. The third-order valence-electron chi connectivity index (χ3n) is 4.90. The molecule has 0 spiro atoms. The Morgan fingerprint density at radius 2 is 1.62 bits per heavy atom. The van der Waals surface area contributed by atoms with Gasteiger partial charge in [-0.3, -0.25) is 0 Å². The largest absolute Gasteiger partial charge is 0.311 e. The maximum absolute atomic E-state index is 3.96. The van der Waals surface area contributed by atoms with Crippen LogP contribution in [0, 0.1) is 10.8 Å². The highest BCUT2D eigenvalue weighted by Crippen LogP contribution is 2.40. The summed E-state index contributed by atoms with van der Waals surface area (Å²) in [7, 11) is 0. The van der Waals surface area contributed by atoms with Crippen LogP contribution in [0.1, 0.15) is 72.6 Å². The van der Waals surface area contributed by atoms with Crippen molar-refractivity contribution in [3.8, 4) is 0 Å². The summed E-state index contributed by atoms with van der Waals surface area (Å²) in [5.74, 6) is 0. The van der Waals surface area contributed by atoms with Crippen molar-refractivity contribution in [3.63, 3.8) is 0 Å². The van der Waals surface area contributed by atoms with Crippen molar-refractivity contribution < 1.29 is 0 Å². The van der Waals surface area contributed by atoms with Gasteiger partial charge < -0.3 is 5.32 Å². The van der Waals surface area contributed by atoms with Gasteiger partial charge in [0.1, 0.15) is 0 Å². The van der Waals surface area contributed by atoms with Crippen LogP contribution in [-0.2, 0) is 0 Å². The predicted octanol–water partition coefficient (Wildman–Crippen LogP) is 4.12. The van der Waals surface area contributed by atoms with Crippen LogP contribution in [0.4, 0.5) is 0 Å². The fourth-order valence-electron chi connectivity index (χ4n) is 3.76. The zero-order valence-corrected chi connectivity index (χ0v) is 11.6. The van der Waals surface area contributed by atoms with Crippen molar-refractivity contribution >= 4 is 0 Å². The molecule has 2 saturated carbocycles. The van der Waals surface area contributed by atoms with Crippen LogP contribution in [-0.4, -0.2) is 12.1 Å². The molecule has 2 aliphatic rings. The van der Waals surface area contributed by atoms with Crippen molar-refractivity contribution in [2.24, 2.45) is 10.8 Å². The van der Waals surface area contributed by atoms with E-state index in [1.807, 2.05) is 0 Å². The first kappa shape index (κ1) is 12.4. The van der Waals surface area contributed by atoms with Gasteiger partial charge in [0.25, 0.3) is 0 Å². The van der Waals surface area contributed by atoms with E-state index in [9.17, 15) is 0 Å². The number of hydrogen-bond donors (Lipinski definition) is 1. The molecule has 0 bridgehead atoms. The van der Waals surface area contributed by atoms with Crippen molar-refractivity contribution in [2.75, 3.05) is 0 Å². The molecule has 2 rings (SSSR count). The van der Waals surface area contributed by atoms with Crippen molar-refractivity contribution in [1.82, 2.24) is 5.32 Å². The normalized spacial score (nSPS) is 37.5. The highest BCUT2D eigenvalue weighted by molar-refractivity contribution is 4.94. The highest BCUT2D eigenvalue weighted by Gasteiger charge is 2.37. The molecule has 2 unspecified atom stereocenters. The van der Waals surface area contributed by atoms with E-state index in [-0.39, 0.29) is 0 Å². The van der Waals surface area contributed by atoms with Crippen LogP contribution in [0.2, 0.25) is 0 Å². The molecule has 0 aromatic carbocycles. The molecule has 0 amide bonds. The van der Waals surface area contributed by atoms with Crippen LogP contribution in [0.25, 0.3) is 0 Å². The minimum atomic E-state index is 0.529. The van der Waals surface area contributed by atoms with E-state index in [1.54, 1.807) is 0 Å². The first-order valence-corrected chi connectivity index (χ1v) is 7.15. The third-order valence-corrected chi connectivity index (χ3v) is 4.90. The Bertz CT molecular complexity index is 242. The molecule has 2 aliphatic carbocycles. The average molecular weight is 223 g/mol. The monoisotopic (exact) mass is 223 g/mol. The molecule has 0 heterocycles. The summed E-state index contributed by atoms with van der Waals surface area (Å²) >= 11 is 0. The number of rotatable bonds is 2. The smallest absolute Gasteiger partial charge is 0.0121 e. The van der Waals surface area contributed by atoms with Gasteiger partial charge in [-0.05, 0) is 42.9 Å². The van der Waals surface area contributed by atoms with E-state index in [0.717, 1.165) is 12.1 Å². The molecule has 0 aromatic rings. The Kier molecular flexibility index (Phi) is 3.36. The molecule has 0 saturated heterocycles. The van der Waals surface area contributed by atoms with Gasteiger partial charge in [0.2, 0.25) is 0 Å². The Balaban J connectivity index is 1.90. The van der Waals surface area contributed by atoms with Crippen LogP contribution in [0.3, 0.4) is 0 Å². The highest BCUT2D eigenvalue weighted by atomic mass is 15.0. The number of nitrogens with one attached hydrogen (secondary N) is 1. The summed E-state index contributed by atoms with van der Waals surface area (Å²) in [6.07, 6.45) is 9.82. The molecule has 0 radical (unpaired) electrons. The molecular formula is C15H29N. The maximum Gasteiger partial charge on any atom is 0.0121 e. The lowest BCUT2D eigenvalue weighted by molar-refractivity contribution is 0.165. The summed E-state index contributed by atoms with van der Waals surface area (Å²) < 4.78 is 0. The second kappa shape index (κ2) is 4.33. The lowest BCUT2D eigenvalue weighted by Crippen LogP contribution is -2.46. The summed E-state index contributed by atoms with van der Waals surface area (Å²) in [5.41, 5.74) is 1.10. The van der Waals surface area contributed by atoms with E-state index in [4.69, 9.17) is 0 Å². The standard InChI is InChI=1S/C15H29N/c1-14(2)9-5-7-12(11-14)16-13-8-6-10-15(13,3)4/h12-13,16H,5-11H2,1-4H3. The third kappa shape index (κ3) is 2.80. The molecule has 1 nitrogen and oxygen atoms in total. The van der Waals surface area contributed by atoms with E-state index >= 15 is 0 Å². The van der Waals surface area contributed by atoms with E-state index in [2.05, 4.69) is 33.0 Å². The van der Waals surface area contributed by atoms with Gasteiger partial charge in [-0.25, -0.2) is 0 Å². The Hall–Kier alpha value is -0.0400. The average Bonchev–Trinajstić information content (AvgIpc) is 2.44. The molecule has 0 aromatic heterocycles. The first-order valence-electron chi connectivity index (χ1n) is 7.15. The van der Waals surface area contributed by atoms with Crippen LogP contribution >= 0.6 is 0 Å². The Labute approximate surface area is 101 Å². The van der Waals surface area contributed by atoms with Gasteiger partial charge in [-0.1, -0.05) is 40.5 Å². The summed E-state index contributed by atoms with van der Waals surface area (Å²) in [6, 6.07) is 1.55. The zero-order chi connectivity index (χ0) is 11.8. The minimum Gasteiger partial charge on any atom is -0.311 e. The van der Waals surface area contributed by atoms with E-state index in [1.165, 1.54) is 44.9 Å². The van der Waals surface area contributed by atoms with Gasteiger partial charge in [0.05, 0.1) is 0 Å². The second-order valence-electron chi connectivity index (χ2n) is 7.56. The molecule has 1 heteroatoms. The summed E-state index contributed by atoms with van der Waals surface area (Å²) in [4.78, 5) is 0. The SMILES string of the molecule is CC1(C)CCCC(NC2CCCC2(C)C)C1. The van der Waals surface area contributed by atoms with Gasteiger partial charge >= 0.3 is 0 Å². The van der Waals surface area contributed by atoms with Gasteiger partial charge in [0.15, 0.2) is 0 Å². The fourth-order valence-corrected chi connectivity index (χ4v) is 3.76. The topological polar surface area (TPSA) is 12.0 Å². The quantitative estimate of drug-likeness (QED) is 0.742. The molecular weight excluding hydrogens is 194 g/mol. The first-order chi connectivity index (χ1) is 7.39. The molecule has 1 N–H and O–H groups in total. The molecule has 0 aliphatic heterocycles. The van der Waals surface area contributed by atoms with Crippen molar-refractivity contribution in [2.45, 2.75) is 84.7 Å². The lowest BCUT2D eigenvalue weighted by atomic mass is 9.74. The Morgan fingerprint density at radius 1 is 0.938 bits per heavy atom. The van der Waals surface area contributed by atoms with Crippen molar-refractivity contribution in [1.29, 1.82) is 0 Å². The maximum atomic E-state index is 3.96. The lowest BCUT2D eigenvalue weighted by Gasteiger charge is -2.39. The minimum absolute atomic E-state index is 0.529. The van der Waals surface area contributed by atoms with E-state index in [0.29, 0.717) is 10.8 Å². The van der Waals surface area contributed by atoms with Crippen LogP contribution < -0.4 is 5.32 Å². The number of hydrogen-bond acceptors (Lipinski definition) is 1. The molecule has 16 heavy (non-hydrogen) atoms. The van der Waals surface area contributed by atoms with E-state index < -0.39 is 0 Å². The van der Waals surface area contributed by atoms with Crippen LogP contribution in [0.5, 0.6) is 0 Å². The van der Waals surface area contributed by atoms with Gasteiger partial charge in [-0.15, -0.1) is 0 Å². The molecule has 94 valence electrons. The van der Waals surface area contributed by atoms with Crippen molar-refractivity contribution in [3.05, 3.63) is 0 Å². The van der Waals surface area contributed by atoms with Gasteiger partial charge in [0, 0.05) is 12.1 Å². The van der Waals surface area contributed by atoms with Crippen LogP contribution in [0.15, 0.2) is 0 Å². The fraction of sp³-hybridized carbons (Fsp3) is 1.00.